The van der Waals surface area contributed by atoms with Crippen molar-refractivity contribution in [1.29, 1.82) is 0 Å². The largest absolute Gasteiger partial charge is 0.481 e. The first-order valence-electron chi connectivity index (χ1n) is 4.06. The topological polar surface area (TPSA) is 37.3 Å². The Balaban J connectivity index is 2.38. The summed E-state index contributed by atoms with van der Waals surface area (Å²) >= 11 is 0. The van der Waals surface area contributed by atoms with Gasteiger partial charge in [0.1, 0.15) is 0 Å². The van der Waals surface area contributed by atoms with E-state index in [1.165, 1.54) is 5.57 Å². The van der Waals surface area contributed by atoms with E-state index < -0.39 is 5.97 Å². The van der Waals surface area contributed by atoms with E-state index in [-0.39, 0.29) is 0 Å². The maximum atomic E-state index is 10.4. The Morgan fingerprint density at radius 3 is 3.09 bits per heavy atom. The van der Waals surface area contributed by atoms with E-state index >= 15 is 0 Å². The van der Waals surface area contributed by atoms with E-state index in [1.54, 1.807) is 0 Å². The van der Waals surface area contributed by atoms with Gasteiger partial charge in [-0.05, 0) is 32.1 Å². The lowest BCUT2D eigenvalue weighted by atomic mass is 9.87. The number of carbonyl (C=O) groups is 1. The number of hydrogen-bond acceptors (Lipinski definition) is 1. The molecule has 0 aliphatic heterocycles. The van der Waals surface area contributed by atoms with Gasteiger partial charge in [0.05, 0.1) is 0 Å². The van der Waals surface area contributed by atoms with Gasteiger partial charge in [-0.2, -0.15) is 0 Å². The maximum Gasteiger partial charge on any atom is 0.303 e. The van der Waals surface area contributed by atoms with Gasteiger partial charge < -0.3 is 5.11 Å². The molecule has 0 amide bonds. The summed E-state index contributed by atoms with van der Waals surface area (Å²) in [5, 5.41) is 8.53. The minimum atomic E-state index is -0.662. The lowest BCUT2D eigenvalue weighted by Gasteiger charge is -2.18. The van der Waals surface area contributed by atoms with Gasteiger partial charge in [-0.1, -0.05) is 11.6 Å². The second-order valence-corrected chi connectivity index (χ2v) is 3.30. The van der Waals surface area contributed by atoms with Crippen LogP contribution in [-0.4, -0.2) is 11.1 Å². The lowest BCUT2D eigenvalue weighted by molar-refractivity contribution is -0.138. The predicted molar refractivity (Wildman–Crippen MR) is 43.4 cm³/mol. The van der Waals surface area contributed by atoms with Crippen molar-refractivity contribution in [2.75, 3.05) is 0 Å². The van der Waals surface area contributed by atoms with Gasteiger partial charge in [-0.25, -0.2) is 0 Å². The van der Waals surface area contributed by atoms with Crippen LogP contribution in [0.15, 0.2) is 11.6 Å². The zero-order chi connectivity index (χ0) is 8.27. The number of carboxylic acid groups (broad SMARTS) is 1. The molecule has 1 rings (SSSR count). The van der Waals surface area contributed by atoms with Gasteiger partial charge in [0.2, 0.25) is 0 Å². The number of rotatable bonds is 2. The normalized spacial score (nSPS) is 24.5. The molecule has 0 aromatic carbocycles. The molecule has 11 heavy (non-hydrogen) atoms. The minimum absolute atomic E-state index is 0.338. The van der Waals surface area contributed by atoms with E-state index in [2.05, 4.69) is 13.0 Å². The van der Waals surface area contributed by atoms with Crippen molar-refractivity contribution in [3.63, 3.8) is 0 Å². The molecule has 2 heteroatoms. The smallest absolute Gasteiger partial charge is 0.303 e. The standard InChI is InChI=1S/C9H14O2/c1-7-3-2-4-8(5-7)6-9(10)11/h3,8H,2,4-6H2,1H3,(H,10,11). The van der Waals surface area contributed by atoms with Crippen molar-refractivity contribution < 1.29 is 9.90 Å². The number of allylic oxidation sites excluding steroid dienone is 2. The van der Waals surface area contributed by atoms with Crippen LogP contribution in [0, 0.1) is 5.92 Å². The molecule has 1 atom stereocenters. The highest BCUT2D eigenvalue weighted by Crippen LogP contribution is 2.25. The van der Waals surface area contributed by atoms with Gasteiger partial charge in [-0.3, -0.25) is 4.79 Å². The van der Waals surface area contributed by atoms with Crippen LogP contribution in [-0.2, 0) is 4.79 Å². The van der Waals surface area contributed by atoms with Gasteiger partial charge >= 0.3 is 5.97 Å². The molecule has 0 bridgehead atoms. The Labute approximate surface area is 66.9 Å². The fraction of sp³-hybridized carbons (Fsp3) is 0.667. The van der Waals surface area contributed by atoms with Crippen molar-refractivity contribution in [1.82, 2.24) is 0 Å². The summed E-state index contributed by atoms with van der Waals surface area (Å²) in [5.41, 5.74) is 1.35. The molecule has 0 aromatic rings. The van der Waals surface area contributed by atoms with Crippen LogP contribution in [0.2, 0.25) is 0 Å². The van der Waals surface area contributed by atoms with E-state index in [0.717, 1.165) is 19.3 Å². The third-order valence-electron chi connectivity index (χ3n) is 2.14. The number of carboxylic acids is 1. The summed E-state index contributed by atoms with van der Waals surface area (Å²) in [5.74, 6) is -0.276. The quantitative estimate of drug-likeness (QED) is 0.619. The van der Waals surface area contributed by atoms with Crippen molar-refractivity contribution in [2.45, 2.75) is 32.6 Å². The first kappa shape index (κ1) is 8.31. The van der Waals surface area contributed by atoms with Gasteiger partial charge in [-0.15, -0.1) is 0 Å². The molecule has 0 aromatic heterocycles. The van der Waals surface area contributed by atoms with Gasteiger partial charge in [0, 0.05) is 6.42 Å². The van der Waals surface area contributed by atoms with E-state index in [0.29, 0.717) is 12.3 Å². The van der Waals surface area contributed by atoms with Crippen LogP contribution in [0.5, 0.6) is 0 Å². The highest BCUT2D eigenvalue weighted by Gasteiger charge is 2.15. The molecular formula is C9H14O2. The Morgan fingerprint density at radius 1 is 1.82 bits per heavy atom. The molecule has 0 spiro atoms. The van der Waals surface area contributed by atoms with Crippen LogP contribution in [0.3, 0.4) is 0 Å². The van der Waals surface area contributed by atoms with Crippen molar-refractivity contribution in [3.05, 3.63) is 11.6 Å². The molecule has 1 aliphatic carbocycles. The summed E-state index contributed by atoms with van der Waals surface area (Å²) in [6.07, 6.45) is 5.63. The van der Waals surface area contributed by atoms with Crippen LogP contribution in [0.25, 0.3) is 0 Å². The zero-order valence-electron chi connectivity index (χ0n) is 6.84. The average Bonchev–Trinajstić information content (AvgIpc) is 1.85. The average molecular weight is 154 g/mol. The molecule has 0 heterocycles. The molecule has 0 saturated heterocycles. The first-order valence-corrected chi connectivity index (χ1v) is 4.06. The summed E-state index contributed by atoms with van der Waals surface area (Å²) in [6, 6.07) is 0. The summed E-state index contributed by atoms with van der Waals surface area (Å²) in [7, 11) is 0. The van der Waals surface area contributed by atoms with Gasteiger partial charge in [0.15, 0.2) is 0 Å². The maximum absolute atomic E-state index is 10.4. The molecule has 1 N–H and O–H groups in total. The second-order valence-electron chi connectivity index (χ2n) is 3.30. The monoisotopic (exact) mass is 154 g/mol. The predicted octanol–water partition coefficient (Wildman–Crippen LogP) is 2.21. The van der Waals surface area contributed by atoms with E-state index in [1.807, 2.05) is 0 Å². The Morgan fingerprint density at radius 2 is 2.55 bits per heavy atom. The Hall–Kier alpha value is -0.790. The fourth-order valence-corrected chi connectivity index (χ4v) is 1.63. The first-order chi connectivity index (χ1) is 5.18. The highest BCUT2D eigenvalue weighted by molar-refractivity contribution is 5.67. The SMILES string of the molecule is CC1=CCCC(CC(=O)O)C1. The van der Waals surface area contributed by atoms with E-state index in [4.69, 9.17) is 5.11 Å². The molecule has 62 valence electrons. The number of hydrogen-bond donors (Lipinski definition) is 1. The van der Waals surface area contributed by atoms with E-state index in [9.17, 15) is 4.79 Å². The van der Waals surface area contributed by atoms with Crippen LogP contribution < -0.4 is 0 Å². The highest BCUT2D eigenvalue weighted by atomic mass is 16.4. The van der Waals surface area contributed by atoms with Crippen LogP contribution in [0.1, 0.15) is 32.6 Å². The summed E-state index contributed by atoms with van der Waals surface area (Å²) in [4.78, 5) is 10.4. The molecule has 2 nitrogen and oxygen atoms in total. The zero-order valence-corrected chi connectivity index (χ0v) is 6.84. The third-order valence-corrected chi connectivity index (χ3v) is 2.14. The molecular weight excluding hydrogens is 140 g/mol. The molecule has 0 saturated carbocycles. The molecule has 1 aliphatic rings. The Bertz CT molecular complexity index is 182. The number of aliphatic carboxylic acids is 1. The van der Waals surface area contributed by atoms with Gasteiger partial charge in [0.25, 0.3) is 0 Å². The molecule has 1 unspecified atom stereocenters. The molecule has 0 radical (unpaired) electrons. The third kappa shape index (κ3) is 2.74. The second kappa shape index (κ2) is 3.56. The Kier molecular flexibility index (Phi) is 2.69. The van der Waals surface area contributed by atoms with Crippen molar-refractivity contribution in [2.24, 2.45) is 5.92 Å². The van der Waals surface area contributed by atoms with Crippen LogP contribution in [0.4, 0.5) is 0 Å². The molecule has 0 fully saturated rings. The minimum Gasteiger partial charge on any atom is -0.481 e. The van der Waals surface area contributed by atoms with Crippen LogP contribution >= 0.6 is 0 Å². The fourth-order valence-electron chi connectivity index (χ4n) is 1.63. The summed E-state index contributed by atoms with van der Waals surface area (Å²) in [6.45, 7) is 2.08. The van der Waals surface area contributed by atoms with Crippen molar-refractivity contribution >= 4 is 5.97 Å². The lowest BCUT2D eigenvalue weighted by Crippen LogP contribution is -2.10. The summed E-state index contributed by atoms with van der Waals surface area (Å²) < 4.78 is 0. The van der Waals surface area contributed by atoms with Crippen molar-refractivity contribution in [3.8, 4) is 0 Å².